The van der Waals surface area contributed by atoms with E-state index in [1.165, 1.54) is 22.3 Å². The number of aryl methyl sites for hydroxylation is 1. The largest absolute Gasteiger partial charge is 0.309 e. The van der Waals surface area contributed by atoms with E-state index < -0.39 is 0 Å². The van der Waals surface area contributed by atoms with E-state index in [1.807, 2.05) is 19.2 Å². The van der Waals surface area contributed by atoms with Crippen molar-refractivity contribution in [3.05, 3.63) is 68.1 Å². The van der Waals surface area contributed by atoms with E-state index in [9.17, 15) is 0 Å². The molecule has 0 amide bonds. The first-order chi connectivity index (χ1) is 9.04. The predicted octanol–water partition coefficient (Wildman–Crippen LogP) is 5.03. The molecule has 0 aliphatic heterocycles. The van der Waals surface area contributed by atoms with E-state index in [1.54, 1.807) is 0 Å². The summed E-state index contributed by atoms with van der Waals surface area (Å²) >= 11 is 9.63. The molecular weight excluding hydrogens is 322 g/mol. The monoisotopic (exact) mass is 337 g/mol. The Labute approximate surface area is 128 Å². The smallest absolute Gasteiger partial charge is 0.0577 e. The van der Waals surface area contributed by atoms with E-state index >= 15 is 0 Å². The lowest BCUT2D eigenvalue weighted by Gasteiger charge is -2.21. The number of benzene rings is 2. The van der Waals surface area contributed by atoms with Gasteiger partial charge in [0.1, 0.15) is 0 Å². The highest BCUT2D eigenvalue weighted by Gasteiger charge is 2.15. The molecular formula is C16H17BrClN. The molecule has 0 spiro atoms. The fourth-order valence-electron chi connectivity index (χ4n) is 2.28. The second kappa shape index (κ2) is 6.08. The molecule has 2 aromatic rings. The van der Waals surface area contributed by atoms with E-state index in [4.69, 9.17) is 11.6 Å². The molecule has 0 heterocycles. The zero-order chi connectivity index (χ0) is 14.0. The van der Waals surface area contributed by atoms with Crippen molar-refractivity contribution in [1.29, 1.82) is 0 Å². The quantitative estimate of drug-likeness (QED) is 0.828. The maximum Gasteiger partial charge on any atom is 0.0577 e. The second-order valence-corrected chi connectivity index (χ2v) is 5.95. The first kappa shape index (κ1) is 14.6. The minimum Gasteiger partial charge on any atom is -0.309 e. The third-order valence-corrected chi connectivity index (χ3v) is 4.76. The van der Waals surface area contributed by atoms with Gasteiger partial charge in [0, 0.05) is 4.47 Å². The van der Waals surface area contributed by atoms with Gasteiger partial charge in [-0.05, 0) is 71.2 Å². The Bertz CT molecular complexity index is 595. The lowest BCUT2D eigenvalue weighted by atomic mass is 9.93. The molecule has 0 aromatic heterocycles. The van der Waals surface area contributed by atoms with Crippen LogP contribution in [0.4, 0.5) is 0 Å². The van der Waals surface area contributed by atoms with Gasteiger partial charge in [-0.1, -0.05) is 35.9 Å². The summed E-state index contributed by atoms with van der Waals surface area (Å²) in [7, 11) is 1.97. The Hall–Kier alpha value is -0.830. The normalized spacial score (nSPS) is 12.5. The Balaban J connectivity index is 2.50. The Morgan fingerprint density at radius 2 is 1.89 bits per heavy atom. The fourth-order valence-corrected chi connectivity index (χ4v) is 2.72. The van der Waals surface area contributed by atoms with Crippen molar-refractivity contribution in [3.8, 4) is 0 Å². The highest BCUT2D eigenvalue weighted by atomic mass is 79.9. The molecule has 1 nitrogen and oxygen atoms in total. The fraction of sp³-hybridized carbons (Fsp3) is 0.250. The van der Waals surface area contributed by atoms with Gasteiger partial charge in [0.25, 0.3) is 0 Å². The van der Waals surface area contributed by atoms with E-state index in [-0.39, 0.29) is 6.04 Å². The first-order valence-corrected chi connectivity index (χ1v) is 7.40. The summed E-state index contributed by atoms with van der Waals surface area (Å²) in [4.78, 5) is 0. The van der Waals surface area contributed by atoms with Crippen LogP contribution < -0.4 is 5.32 Å². The van der Waals surface area contributed by atoms with Crippen LogP contribution in [0.2, 0.25) is 5.02 Å². The average Bonchev–Trinajstić information content (AvgIpc) is 2.39. The number of hydrogen-bond acceptors (Lipinski definition) is 1. The van der Waals surface area contributed by atoms with Crippen LogP contribution in [0.15, 0.2) is 40.9 Å². The number of hydrogen-bond donors (Lipinski definition) is 1. The van der Waals surface area contributed by atoms with Gasteiger partial charge in [-0.2, -0.15) is 0 Å². The SMILES string of the molecule is CNC(c1ccc(Br)c(Cl)c1)c1cccc(C)c1C. The summed E-state index contributed by atoms with van der Waals surface area (Å²) in [6, 6.07) is 12.7. The van der Waals surface area contributed by atoms with E-state index in [0.717, 1.165) is 9.50 Å². The van der Waals surface area contributed by atoms with Crippen LogP contribution in [0.25, 0.3) is 0 Å². The van der Waals surface area contributed by atoms with Crippen molar-refractivity contribution in [2.75, 3.05) is 7.05 Å². The summed E-state index contributed by atoms with van der Waals surface area (Å²) in [5.74, 6) is 0. The van der Waals surface area contributed by atoms with Gasteiger partial charge >= 0.3 is 0 Å². The molecule has 0 aliphatic rings. The zero-order valence-corrected chi connectivity index (χ0v) is 13.6. The van der Waals surface area contributed by atoms with Crippen molar-refractivity contribution < 1.29 is 0 Å². The summed E-state index contributed by atoms with van der Waals surface area (Å²) < 4.78 is 0.925. The molecule has 3 heteroatoms. The molecule has 1 unspecified atom stereocenters. The van der Waals surface area contributed by atoms with Crippen molar-refractivity contribution in [2.45, 2.75) is 19.9 Å². The summed E-state index contributed by atoms with van der Waals surface area (Å²) in [5, 5.41) is 4.11. The topological polar surface area (TPSA) is 12.0 Å². The van der Waals surface area contributed by atoms with Gasteiger partial charge in [0.2, 0.25) is 0 Å². The molecule has 1 atom stereocenters. The lowest BCUT2D eigenvalue weighted by Crippen LogP contribution is -2.19. The van der Waals surface area contributed by atoms with Gasteiger partial charge in [-0.15, -0.1) is 0 Å². The first-order valence-electron chi connectivity index (χ1n) is 6.23. The maximum atomic E-state index is 6.20. The predicted molar refractivity (Wildman–Crippen MR) is 86.0 cm³/mol. The van der Waals surface area contributed by atoms with E-state index in [0.29, 0.717) is 0 Å². The van der Waals surface area contributed by atoms with Gasteiger partial charge in [0.15, 0.2) is 0 Å². The van der Waals surface area contributed by atoms with Crippen molar-refractivity contribution in [1.82, 2.24) is 5.32 Å². The molecule has 0 saturated carbocycles. The van der Waals surface area contributed by atoms with Crippen LogP contribution in [-0.4, -0.2) is 7.05 Å². The highest BCUT2D eigenvalue weighted by Crippen LogP contribution is 2.30. The third-order valence-electron chi connectivity index (χ3n) is 3.52. The molecule has 0 bridgehead atoms. The molecule has 0 radical (unpaired) electrons. The van der Waals surface area contributed by atoms with Crippen LogP contribution in [0.5, 0.6) is 0 Å². The summed E-state index contributed by atoms with van der Waals surface area (Å²) in [6.07, 6.45) is 0. The maximum absolute atomic E-state index is 6.20. The van der Waals surface area contributed by atoms with Crippen LogP contribution in [0.3, 0.4) is 0 Å². The minimum atomic E-state index is 0.158. The average molecular weight is 339 g/mol. The zero-order valence-electron chi connectivity index (χ0n) is 11.3. The van der Waals surface area contributed by atoms with Crippen LogP contribution >= 0.6 is 27.5 Å². The van der Waals surface area contributed by atoms with Gasteiger partial charge in [-0.3, -0.25) is 0 Å². The number of rotatable bonds is 3. The molecule has 0 fully saturated rings. The molecule has 19 heavy (non-hydrogen) atoms. The van der Waals surface area contributed by atoms with Gasteiger partial charge in [0.05, 0.1) is 11.1 Å². The molecule has 2 rings (SSSR count). The molecule has 1 N–H and O–H groups in total. The van der Waals surface area contributed by atoms with E-state index in [2.05, 4.69) is 59.4 Å². The summed E-state index contributed by atoms with van der Waals surface area (Å²) in [5.41, 5.74) is 5.09. The number of nitrogens with one attached hydrogen (secondary N) is 1. The van der Waals surface area contributed by atoms with Gasteiger partial charge in [-0.25, -0.2) is 0 Å². The second-order valence-electron chi connectivity index (χ2n) is 4.68. The molecule has 0 aliphatic carbocycles. The van der Waals surface area contributed by atoms with Crippen molar-refractivity contribution in [2.24, 2.45) is 0 Å². The molecule has 2 aromatic carbocycles. The highest BCUT2D eigenvalue weighted by molar-refractivity contribution is 9.10. The minimum absolute atomic E-state index is 0.158. The van der Waals surface area contributed by atoms with Crippen molar-refractivity contribution in [3.63, 3.8) is 0 Å². The molecule has 0 saturated heterocycles. The van der Waals surface area contributed by atoms with Crippen LogP contribution in [0.1, 0.15) is 28.3 Å². The Morgan fingerprint density at radius 1 is 1.16 bits per heavy atom. The van der Waals surface area contributed by atoms with Crippen molar-refractivity contribution >= 4 is 27.5 Å². The van der Waals surface area contributed by atoms with Crippen LogP contribution in [0, 0.1) is 13.8 Å². The standard InChI is InChI=1S/C16H17BrClN/c1-10-5-4-6-13(11(10)2)16(19-3)12-7-8-14(17)15(18)9-12/h4-9,16,19H,1-3H3. The summed E-state index contributed by atoms with van der Waals surface area (Å²) in [6.45, 7) is 4.30. The third kappa shape index (κ3) is 3.02. The Kier molecular flexibility index (Phi) is 4.67. The van der Waals surface area contributed by atoms with Crippen LogP contribution in [-0.2, 0) is 0 Å². The van der Waals surface area contributed by atoms with Gasteiger partial charge < -0.3 is 5.32 Å². The lowest BCUT2D eigenvalue weighted by molar-refractivity contribution is 0.686. The molecule has 100 valence electrons. The Morgan fingerprint density at radius 3 is 2.53 bits per heavy atom. The number of halogens is 2.